The van der Waals surface area contributed by atoms with Gasteiger partial charge in [-0.15, -0.1) is 13.2 Å². The highest BCUT2D eigenvalue weighted by Gasteiger charge is 2.79. The molecule has 3 amide bonds. The van der Waals surface area contributed by atoms with Gasteiger partial charge in [0.05, 0.1) is 40.8 Å². The molecule has 1 spiro atoms. The van der Waals surface area contributed by atoms with Crippen molar-refractivity contribution in [3.05, 3.63) is 54.6 Å². The number of likely N-dealkylation sites (tertiary alicyclic amines) is 1. The van der Waals surface area contributed by atoms with Gasteiger partial charge in [0.2, 0.25) is 11.8 Å². The van der Waals surface area contributed by atoms with Crippen molar-refractivity contribution < 1.29 is 24.2 Å². The Balaban J connectivity index is 1.88. The zero-order chi connectivity index (χ0) is 27.8. The number of benzene rings is 1. The Hall–Kier alpha value is -2.68. The molecule has 3 saturated heterocycles. The van der Waals surface area contributed by atoms with Crippen molar-refractivity contribution in [3.63, 3.8) is 0 Å². The number of aliphatic hydroxyl groups is 1. The molecule has 3 fully saturated rings. The lowest BCUT2D eigenvalue weighted by atomic mass is 9.64. The first-order chi connectivity index (χ1) is 18.2. The minimum absolute atomic E-state index is 0.168. The summed E-state index contributed by atoms with van der Waals surface area (Å²) in [6, 6.07) is 5.40. The van der Waals surface area contributed by atoms with E-state index in [9.17, 15) is 19.5 Å². The van der Waals surface area contributed by atoms with Gasteiger partial charge in [0.25, 0.3) is 5.91 Å². The summed E-state index contributed by atoms with van der Waals surface area (Å²) in [4.78, 5) is 47.3. The van der Waals surface area contributed by atoms with Gasteiger partial charge < -0.3 is 24.5 Å². The van der Waals surface area contributed by atoms with E-state index in [0.717, 1.165) is 0 Å². The fraction of sp³-hybridized carbons (Fsp3) is 0.552. The van der Waals surface area contributed by atoms with Gasteiger partial charge in [-0.05, 0) is 37.8 Å². The predicted octanol–water partition coefficient (Wildman–Crippen LogP) is 3.43. The maximum Gasteiger partial charge on any atom is 0.253 e. The number of hydrogen-bond acceptors (Lipinski definition) is 5. The van der Waals surface area contributed by atoms with Gasteiger partial charge in [0, 0.05) is 20.1 Å². The number of ether oxygens (including phenoxy) is 1. The standard InChI is InChI=1S/C29H38ClN3O5/c1-6-16-31(5)25(35)22-23-26(36)33(19(8-3)18-34)24(29(23)15-14-28(22,9-4)38-29)27(37)32(17-7-2)21-13-11-10-12-20(21)30/h6-7,10-13,19,22-24,34H,1-2,8-9,14-18H2,3-5H3/t19-,22+,23-,24?,28-,29?/m0/s1. The molecule has 1 aromatic rings. The molecule has 1 aromatic carbocycles. The molecule has 2 bridgehead atoms. The largest absolute Gasteiger partial charge is 0.394 e. The van der Waals surface area contributed by atoms with E-state index in [1.807, 2.05) is 13.8 Å². The van der Waals surface area contributed by atoms with Gasteiger partial charge in [-0.2, -0.15) is 0 Å². The third-order valence-corrected chi connectivity index (χ3v) is 9.01. The fourth-order valence-corrected chi connectivity index (χ4v) is 7.13. The number of rotatable bonds is 11. The number of hydrogen-bond donors (Lipinski definition) is 1. The van der Waals surface area contributed by atoms with Gasteiger partial charge in [-0.3, -0.25) is 14.4 Å². The Labute approximate surface area is 229 Å². The van der Waals surface area contributed by atoms with Crippen LogP contribution in [0.1, 0.15) is 39.5 Å². The molecule has 4 rings (SSSR count). The lowest BCUT2D eigenvalue weighted by Crippen LogP contribution is -2.59. The zero-order valence-electron chi connectivity index (χ0n) is 22.4. The second-order valence-electron chi connectivity index (χ2n) is 10.5. The molecule has 8 nitrogen and oxygen atoms in total. The number of amides is 3. The summed E-state index contributed by atoms with van der Waals surface area (Å²) in [5, 5.41) is 10.7. The molecule has 0 radical (unpaired) electrons. The highest BCUT2D eigenvalue weighted by Crippen LogP contribution is 2.65. The summed E-state index contributed by atoms with van der Waals surface area (Å²) < 4.78 is 6.83. The highest BCUT2D eigenvalue weighted by molar-refractivity contribution is 6.34. The summed E-state index contributed by atoms with van der Waals surface area (Å²) in [5.74, 6) is -2.43. The number of carbonyl (C=O) groups excluding carboxylic acids is 3. The third kappa shape index (κ3) is 4.08. The van der Waals surface area contributed by atoms with Crippen molar-refractivity contribution in [2.45, 2.75) is 62.8 Å². The summed E-state index contributed by atoms with van der Waals surface area (Å²) in [5.41, 5.74) is -1.53. The van der Waals surface area contributed by atoms with Crippen molar-refractivity contribution >= 4 is 35.0 Å². The van der Waals surface area contributed by atoms with E-state index in [1.165, 1.54) is 9.80 Å². The molecule has 9 heteroatoms. The summed E-state index contributed by atoms with van der Waals surface area (Å²) in [6.45, 7) is 11.6. The highest BCUT2D eigenvalue weighted by atomic mass is 35.5. The van der Waals surface area contributed by atoms with Crippen molar-refractivity contribution in [3.8, 4) is 0 Å². The Morgan fingerprint density at radius 1 is 1.21 bits per heavy atom. The SMILES string of the molecule is C=CCN(C)C(=O)[C@H]1[C@H]2C(=O)N([C@@H](CC)CO)C(C(=O)N(CC=C)c3ccccc3Cl)C23CC[C@]1(CC)O3. The second-order valence-corrected chi connectivity index (χ2v) is 10.9. The minimum atomic E-state index is -1.19. The second kappa shape index (κ2) is 10.8. The molecule has 0 saturated carbocycles. The first-order valence-corrected chi connectivity index (χ1v) is 13.7. The summed E-state index contributed by atoms with van der Waals surface area (Å²) >= 11 is 6.51. The number of nitrogens with zero attached hydrogens (tertiary/aromatic N) is 3. The van der Waals surface area contributed by atoms with Crippen LogP contribution in [0.15, 0.2) is 49.6 Å². The van der Waals surface area contributed by atoms with Crippen LogP contribution < -0.4 is 4.90 Å². The van der Waals surface area contributed by atoms with Gasteiger partial charge in [-0.25, -0.2) is 0 Å². The van der Waals surface area contributed by atoms with Gasteiger partial charge in [0.1, 0.15) is 11.6 Å². The maximum absolute atomic E-state index is 14.6. The molecule has 2 unspecified atom stereocenters. The van der Waals surface area contributed by atoms with E-state index in [0.29, 0.717) is 42.9 Å². The molecule has 206 valence electrons. The average molecular weight is 544 g/mol. The number of carbonyl (C=O) groups is 3. The third-order valence-electron chi connectivity index (χ3n) is 8.69. The van der Waals surface area contributed by atoms with E-state index in [-0.39, 0.29) is 30.9 Å². The van der Waals surface area contributed by atoms with Crippen LogP contribution >= 0.6 is 11.6 Å². The monoisotopic (exact) mass is 543 g/mol. The smallest absolute Gasteiger partial charge is 0.253 e. The Morgan fingerprint density at radius 2 is 1.89 bits per heavy atom. The molecule has 0 aliphatic carbocycles. The van der Waals surface area contributed by atoms with Crippen LogP contribution in [0.3, 0.4) is 0 Å². The quantitative estimate of drug-likeness (QED) is 0.432. The van der Waals surface area contributed by atoms with Crippen molar-refractivity contribution in [1.82, 2.24) is 9.80 Å². The first-order valence-electron chi connectivity index (χ1n) is 13.3. The normalized spacial score (nSPS) is 30.2. The van der Waals surface area contributed by atoms with Crippen molar-refractivity contribution in [1.29, 1.82) is 0 Å². The van der Waals surface area contributed by atoms with Crippen molar-refractivity contribution in [2.24, 2.45) is 11.8 Å². The number of likely N-dealkylation sites (N-methyl/N-ethyl adjacent to an activating group) is 1. The van der Waals surface area contributed by atoms with Gasteiger partial charge >= 0.3 is 0 Å². The van der Waals surface area contributed by atoms with Crippen LogP contribution in [0.5, 0.6) is 0 Å². The van der Waals surface area contributed by atoms with Crippen LogP contribution in [0, 0.1) is 11.8 Å². The van der Waals surface area contributed by atoms with E-state index in [2.05, 4.69) is 13.2 Å². The fourth-order valence-electron chi connectivity index (χ4n) is 6.89. The topological polar surface area (TPSA) is 90.4 Å². The van der Waals surface area contributed by atoms with E-state index < -0.39 is 35.1 Å². The van der Waals surface area contributed by atoms with Crippen LogP contribution in [-0.2, 0) is 19.1 Å². The Morgan fingerprint density at radius 3 is 2.47 bits per heavy atom. The van der Waals surface area contributed by atoms with Crippen LogP contribution in [0.2, 0.25) is 5.02 Å². The van der Waals surface area contributed by atoms with Crippen LogP contribution in [-0.4, -0.2) is 82.7 Å². The molecule has 3 heterocycles. The molecular formula is C29H38ClN3O5. The average Bonchev–Trinajstić information content (AvgIpc) is 3.52. The van der Waals surface area contributed by atoms with Crippen LogP contribution in [0.4, 0.5) is 5.69 Å². The van der Waals surface area contributed by atoms with Gasteiger partial charge in [-0.1, -0.05) is 49.7 Å². The zero-order valence-corrected chi connectivity index (χ0v) is 23.2. The minimum Gasteiger partial charge on any atom is -0.394 e. The van der Waals surface area contributed by atoms with Crippen LogP contribution in [0.25, 0.3) is 0 Å². The lowest BCUT2D eigenvalue weighted by molar-refractivity contribution is -0.153. The number of aliphatic hydroxyl groups excluding tert-OH is 1. The molecule has 1 N–H and O–H groups in total. The van der Waals surface area contributed by atoms with E-state index in [4.69, 9.17) is 16.3 Å². The summed E-state index contributed by atoms with van der Waals surface area (Å²) in [6.07, 6.45) is 5.26. The summed E-state index contributed by atoms with van der Waals surface area (Å²) in [7, 11) is 1.69. The molecule has 38 heavy (non-hydrogen) atoms. The van der Waals surface area contributed by atoms with Crippen molar-refractivity contribution in [2.75, 3.05) is 31.6 Å². The predicted molar refractivity (Wildman–Crippen MR) is 147 cm³/mol. The molecular weight excluding hydrogens is 506 g/mol. The molecule has 3 aliphatic rings. The molecule has 6 atom stereocenters. The van der Waals surface area contributed by atoms with E-state index >= 15 is 0 Å². The maximum atomic E-state index is 14.6. The Bertz CT molecular complexity index is 1120. The van der Waals surface area contributed by atoms with E-state index in [1.54, 1.807) is 48.4 Å². The Kier molecular flexibility index (Phi) is 8.07. The number of para-hydroxylation sites is 1. The molecule has 0 aromatic heterocycles. The van der Waals surface area contributed by atoms with Gasteiger partial charge in [0.15, 0.2) is 0 Å². The number of halogens is 1. The first kappa shape index (κ1) is 28.3. The number of anilines is 1. The number of fused-ring (bicyclic) bond motifs is 1. The lowest BCUT2D eigenvalue weighted by Gasteiger charge is -2.39. The molecule has 3 aliphatic heterocycles.